The highest BCUT2D eigenvalue weighted by Crippen LogP contribution is 2.31. The van der Waals surface area contributed by atoms with E-state index in [1.54, 1.807) is 0 Å². The molecule has 0 N–H and O–H groups in total. The first-order valence-corrected chi connectivity index (χ1v) is 7.36. The van der Waals surface area contributed by atoms with Gasteiger partial charge in [0.05, 0.1) is 11.3 Å². The van der Waals surface area contributed by atoms with Gasteiger partial charge in [-0.2, -0.15) is 5.10 Å². The lowest BCUT2D eigenvalue weighted by atomic mass is 10.1. The zero-order chi connectivity index (χ0) is 17.4. The van der Waals surface area contributed by atoms with E-state index in [0.717, 1.165) is 28.9 Å². The number of hydrogen-bond acceptors (Lipinski definition) is 2. The molecule has 0 saturated heterocycles. The molecule has 1 aromatic heterocycles. The van der Waals surface area contributed by atoms with Crippen molar-refractivity contribution in [2.45, 2.75) is 0 Å². The Balaban J connectivity index is 2.22. The molecule has 8 heteroatoms. The van der Waals surface area contributed by atoms with Crippen LogP contribution in [-0.4, -0.2) is 16.1 Å². The Kier molecular flexibility index (Phi) is 4.23. The fourth-order valence-corrected chi connectivity index (χ4v) is 2.75. The van der Waals surface area contributed by atoms with Gasteiger partial charge < -0.3 is 0 Å². The second-order valence-corrected chi connectivity index (χ2v) is 5.56. The maximum absolute atomic E-state index is 14.0. The molecular formula is C16H7BrF4N2O. The van der Waals surface area contributed by atoms with E-state index in [-0.39, 0.29) is 27.1 Å². The van der Waals surface area contributed by atoms with Crippen molar-refractivity contribution in [3.63, 3.8) is 0 Å². The lowest BCUT2D eigenvalue weighted by Gasteiger charge is -2.04. The minimum Gasteiger partial charge on any atom is -0.298 e. The van der Waals surface area contributed by atoms with Crippen LogP contribution < -0.4 is 0 Å². The minimum absolute atomic E-state index is 0.00904. The average molecular weight is 399 g/mol. The van der Waals surface area contributed by atoms with Crippen LogP contribution in [0.15, 0.2) is 41.0 Å². The third-order valence-electron chi connectivity index (χ3n) is 3.32. The van der Waals surface area contributed by atoms with Gasteiger partial charge in [-0.1, -0.05) is 0 Å². The molecule has 0 spiro atoms. The Bertz CT molecular complexity index is 955. The zero-order valence-corrected chi connectivity index (χ0v) is 13.3. The Hall–Kier alpha value is -2.48. The maximum atomic E-state index is 14.0. The summed E-state index contributed by atoms with van der Waals surface area (Å²) in [5, 5.41) is 4.07. The molecule has 3 rings (SSSR count). The molecular weight excluding hydrogens is 392 g/mol. The van der Waals surface area contributed by atoms with Gasteiger partial charge >= 0.3 is 0 Å². The first kappa shape index (κ1) is 16.4. The summed E-state index contributed by atoms with van der Waals surface area (Å²) >= 11 is 3.13. The van der Waals surface area contributed by atoms with Crippen LogP contribution in [-0.2, 0) is 0 Å². The number of benzene rings is 2. The largest absolute Gasteiger partial charge is 0.298 e. The standard InChI is InChI=1S/C16H7BrF4N2O/c17-16-11(7-24)15(10-3-1-8(18)5-13(10)20)22-23(16)9-2-4-12(19)14(21)6-9/h1-7H. The van der Waals surface area contributed by atoms with Crippen LogP contribution in [0.1, 0.15) is 10.4 Å². The predicted molar refractivity (Wildman–Crippen MR) is 81.9 cm³/mol. The third kappa shape index (κ3) is 2.73. The molecule has 0 atom stereocenters. The molecule has 0 aliphatic rings. The molecule has 0 aliphatic carbocycles. The summed E-state index contributed by atoms with van der Waals surface area (Å²) in [5.41, 5.74) is -0.0393. The van der Waals surface area contributed by atoms with Crippen LogP contribution >= 0.6 is 15.9 Å². The molecule has 0 aliphatic heterocycles. The van der Waals surface area contributed by atoms with E-state index in [9.17, 15) is 22.4 Å². The van der Waals surface area contributed by atoms with E-state index < -0.39 is 23.3 Å². The van der Waals surface area contributed by atoms with Crippen molar-refractivity contribution in [2.24, 2.45) is 0 Å². The Morgan fingerprint density at radius 1 is 0.958 bits per heavy atom. The topological polar surface area (TPSA) is 34.9 Å². The Labute approximate surface area is 141 Å². The molecule has 3 nitrogen and oxygen atoms in total. The lowest BCUT2D eigenvalue weighted by molar-refractivity contribution is 0.112. The number of carbonyl (C=O) groups is 1. The van der Waals surface area contributed by atoms with Crippen molar-refractivity contribution in [2.75, 3.05) is 0 Å². The van der Waals surface area contributed by atoms with Crippen LogP contribution in [0.25, 0.3) is 16.9 Å². The van der Waals surface area contributed by atoms with Crippen LogP contribution in [0.2, 0.25) is 0 Å². The van der Waals surface area contributed by atoms with Gasteiger partial charge in [-0.05, 0) is 40.2 Å². The van der Waals surface area contributed by atoms with Crippen molar-refractivity contribution < 1.29 is 22.4 Å². The maximum Gasteiger partial charge on any atom is 0.160 e. The summed E-state index contributed by atoms with van der Waals surface area (Å²) in [6, 6.07) is 5.85. The SMILES string of the molecule is O=Cc1c(-c2ccc(F)cc2F)nn(-c2ccc(F)c(F)c2)c1Br. The Morgan fingerprint density at radius 2 is 1.71 bits per heavy atom. The number of nitrogens with zero attached hydrogens (tertiary/aromatic N) is 2. The van der Waals surface area contributed by atoms with E-state index in [2.05, 4.69) is 21.0 Å². The highest BCUT2D eigenvalue weighted by molar-refractivity contribution is 9.10. The van der Waals surface area contributed by atoms with Gasteiger partial charge in [0.2, 0.25) is 0 Å². The minimum atomic E-state index is -1.10. The summed E-state index contributed by atoms with van der Waals surface area (Å²) in [6.07, 6.45) is 0.436. The quantitative estimate of drug-likeness (QED) is 0.474. The number of halogens is 5. The second-order valence-electron chi connectivity index (χ2n) is 4.81. The van der Waals surface area contributed by atoms with Crippen molar-refractivity contribution in [3.8, 4) is 16.9 Å². The summed E-state index contributed by atoms with van der Waals surface area (Å²) in [4.78, 5) is 11.4. The van der Waals surface area contributed by atoms with Gasteiger partial charge in [-0.3, -0.25) is 4.79 Å². The zero-order valence-electron chi connectivity index (χ0n) is 11.7. The molecule has 122 valence electrons. The first-order valence-electron chi connectivity index (χ1n) is 6.57. The molecule has 1 heterocycles. The molecule has 0 fully saturated rings. The summed E-state index contributed by atoms with van der Waals surface area (Å²) in [5.74, 6) is -3.82. The van der Waals surface area contributed by atoms with Gasteiger partial charge in [-0.25, -0.2) is 22.2 Å². The number of aldehydes is 1. The molecule has 0 unspecified atom stereocenters. The van der Waals surface area contributed by atoms with Crippen molar-refractivity contribution >= 4 is 22.2 Å². The molecule has 0 bridgehead atoms. The number of aromatic nitrogens is 2. The summed E-state index contributed by atoms with van der Waals surface area (Å²) < 4.78 is 54.8. The number of carbonyl (C=O) groups excluding carboxylic acids is 1. The number of rotatable bonds is 3. The average Bonchev–Trinajstić information content (AvgIpc) is 2.86. The fraction of sp³-hybridized carbons (Fsp3) is 0. The highest BCUT2D eigenvalue weighted by Gasteiger charge is 2.21. The normalized spacial score (nSPS) is 10.9. The van der Waals surface area contributed by atoms with Crippen molar-refractivity contribution in [1.29, 1.82) is 0 Å². The van der Waals surface area contributed by atoms with Crippen LogP contribution in [0.5, 0.6) is 0 Å². The van der Waals surface area contributed by atoms with Crippen molar-refractivity contribution in [3.05, 3.63) is 69.8 Å². The van der Waals surface area contributed by atoms with Gasteiger partial charge in [0.1, 0.15) is 21.9 Å². The Morgan fingerprint density at radius 3 is 2.33 bits per heavy atom. The lowest BCUT2D eigenvalue weighted by Crippen LogP contribution is -1.99. The summed E-state index contributed by atoms with van der Waals surface area (Å²) in [6.45, 7) is 0. The van der Waals surface area contributed by atoms with Crippen LogP contribution in [0.3, 0.4) is 0 Å². The van der Waals surface area contributed by atoms with E-state index in [4.69, 9.17) is 0 Å². The van der Waals surface area contributed by atoms with Crippen molar-refractivity contribution in [1.82, 2.24) is 9.78 Å². The van der Waals surface area contributed by atoms with Crippen LogP contribution in [0, 0.1) is 23.3 Å². The molecule has 0 radical (unpaired) electrons. The molecule has 2 aromatic carbocycles. The van der Waals surface area contributed by atoms with E-state index in [0.29, 0.717) is 12.4 Å². The smallest absolute Gasteiger partial charge is 0.160 e. The van der Waals surface area contributed by atoms with E-state index in [1.165, 1.54) is 6.07 Å². The monoisotopic (exact) mass is 398 g/mol. The second kappa shape index (κ2) is 6.20. The highest BCUT2D eigenvalue weighted by atomic mass is 79.9. The predicted octanol–water partition coefficient (Wildman–Crippen LogP) is 4.67. The van der Waals surface area contributed by atoms with Gasteiger partial charge in [0.25, 0.3) is 0 Å². The molecule has 3 aromatic rings. The number of hydrogen-bond donors (Lipinski definition) is 0. The first-order chi connectivity index (χ1) is 11.4. The summed E-state index contributed by atoms with van der Waals surface area (Å²) in [7, 11) is 0. The van der Waals surface area contributed by atoms with Gasteiger partial charge in [-0.15, -0.1) is 0 Å². The van der Waals surface area contributed by atoms with E-state index >= 15 is 0 Å². The van der Waals surface area contributed by atoms with Crippen LogP contribution in [0.4, 0.5) is 17.6 Å². The molecule has 0 amide bonds. The van der Waals surface area contributed by atoms with Gasteiger partial charge in [0, 0.05) is 17.7 Å². The van der Waals surface area contributed by atoms with Gasteiger partial charge in [0.15, 0.2) is 17.9 Å². The fourth-order valence-electron chi connectivity index (χ4n) is 2.18. The molecule has 24 heavy (non-hydrogen) atoms. The van der Waals surface area contributed by atoms with E-state index in [1.807, 2.05) is 0 Å². The third-order valence-corrected chi connectivity index (χ3v) is 4.08. The molecule has 0 saturated carbocycles.